The number of nitrogens with two attached hydrogens (primary N) is 1. The van der Waals surface area contributed by atoms with Crippen LogP contribution in [0.25, 0.3) is 6.08 Å². The van der Waals surface area contributed by atoms with Gasteiger partial charge >= 0.3 is 0 Å². The third-order valence-corrected chi connectivity index (χ3v) is 3.98. The van der Waals surface area contributed by atoms with Crippen molar-refractivity contribution in [2.45, 2.75) is 24.2 Å². The molecule has 1 aromatic carbocycles. The monoisotopic (exact) mass is 263 g/mol. The van der Waals surface area contributed by atoms with E-state index >= 15 is 0 Å². The van der Waals surface area contributed by atoms with Crippen molar-refractivity contribution < 1.29 is 0 Å². The van der Waals surface area contributed by atoms with Gasteiger partial charge < -0.3 is 10.6 Å². The quantitative estimate of drug-likeness (QED) is 0.647. The normalized spacial score (nSPS) is 15.7. The fraction of sp³-hybridized carbons (Fsp3) is 0.429. The molecule has 1 saturated heterocycles. The predicted molar refractivity (Wildman–Crippen MR) is 81.9 cm³/mol. The molecule has 0 spiro atoms. The van der Waals surface area contributed by atoms with Crippen LogP contribution in [0.4, 0.5) is 11.4 Å². The molecule has 3 nitrogen and oxygen atoms in total. The summed E-state index contributed by atoms with van der Waals surface area (Å²) in [5.74, 6) is 0. The molecule has 0 bridgehead atoms. The summed E-state index contributed by atoms with van der Waals surface area (Å²) in [4.78, 5) is 3.60. The minimum Gasteiger partial charge on any atom is -0.397 e. The van der Waals surface area contributed by atoms with Gasteiger partial charge in [-0.3, -0.25) is 4.72 Å². The van der Waals surface area contributed by atoms with Crippen LogP contribution in [0.5, 0.6) is 0 Å². The van der Waals surface area contributed by atoms with Crippen molar-refractivity contribution >= 4 is 29.4 Å². The van der Waals surface area contributed by atoms with Crippen LogP contribution in [0.15, 0.2) is 23.6 Å². The Morgan fingerprint density at radius 3 is 2.67 bits per heavy atom. The molecular formula is C14H21N3S. The molecule has 2 rings (SSSR count). The summed E-state index contributed by atoms with van der Waals surface area (Å²) < 4.78 is 3.14. The van der Waals surface area contributed by atoms with Gasteiger partial charge in [0, 0.05) is 18.0 Å². The molecule has 18 heavy (non-hydrogen) atoms. The van der Waals surface area contributed by atoms with Crippen molar-refractivity contribution in [1.82, 2.24) is 4.72 Å². The van der Waals surface area contributed by atoms with E-state index in [2.05, 4.69) is 22.3 Å². The van der Waals surface area contributed by atoms with E-state index < -0.39 is 0 Å². The lowest BCUT2D eigenvalue weighted by Crippen LogP contribution is -2.30. The second-order valence-electron chi connectivity index (χ2n) is 4.51. The van der Waals surface area contributed by atoms with Crippen LogP contribution in [0, 0.1) is 0 Å². The van der Waals surface area contributed by atoms with Gasteiger partial charge in [-0.05, 0) is 56.0 Å². The second kappa shape index (κ2) is 6.16. The molecule has 1 heterocycles. The number of hydrogen-bond donors (Lipinski definition) is 2. The van der Waals surface area contributed by atoms with Gasteiger partial charge in [-0.2, -0.15) is 0 Å². The SMILES string of the molecule is C=Cc1cc(N)c(N2CCCCC2)c(SNC)c1. The highest BCUT2D eigenvalue weighted by molar-refractivity contribution is 7.97. The van der Waals surface area contributed by atoms with Crippen molar-refractivity contribution in [3.8, 4) is 0 Å². The van der Waals surface area contributed by atoms with Gasteiger partial charge in [-0.1, -0.05) is 12.7 Å². The Labute approximate surface area is 114 Å². The van der Waals surface area contributed by atoms with Crippen molar-refractivity contribution in [1.29, 1.82) is 0 Å². The smallest absolute Gasteiger partial charge is 0.0751 e. The van der Waals surface area contributed by atoms with Crippen LogP contribution in [-0.2, 0) is 0 Å². The zero-order chi connectivity index (χ0) is 13.0. The van der Waals surface area contributed by atoms with E-state index in [1.54, 1.807) is 11.9 Å². The van der Waals surface area contributed by atoms with E-state index in [1.165, 1.54) is 29.8 Å². The molecule has 1 aliphatic rings. The lowest BCUT2D eigenvalue weighted by Gasteiger charge is -2.31. The first-order valence-corrected chi connectivity index (χ1v) is 7.22. The molecule has 0 aliphatic carbocycles. The number of benzene rings is 1. The Kier molecular flexibility index (Phi) is 4.55. The first kappa shape index (κ1) is 13.3. The van der Waals surface area contributed by atoms with E-state index in [4.69, 9.17) is 5.73 Å². The zero-order valence-electron chi connectivity index (χ0n) is 10.9. The van der Waals surface area contributed by atoms with Gasteiger partial charge in [-0.25, -0.2) is 0 Å². The first-order valence-electron chi connectivity index (χ1n) is 6.40. The van der Waals surface area contributed by atoms with Gasteiger partial charge in [0.05, 0.1) is 11.4 Å². The average molecular weight is 263 g/mol. The first-order chi connectivity index (χ1) is 8.76. The van der Waals surface area contributed by atoms with Crippen LogP contribution < -0.4 is 15.4 Å². The maximum absolute atomic E-state index is 6.23. The van der Waals surface area contributed by atoms with Crippen molar-refractivity contribution in [3.63, 3.8) is 0 Å². The molecule has 4 heteroatoms. The van der Waals surface area contributed by atoms with Crippen molar-refractivity contribution in [2.24, 2.45) is 0 Å². The van der Waals surface area contributed by atoms with E-state index in [1.807, 2.05) is 19.2 Å². The van der Waals surface area contributed by atoms with Crippen LogP contribution in [0.2, 0.25) is 0 Å². The van der Waals surface area contributed by atoms with Crippen molar-refractivity contribution in [3.05, 3.63) is 24.3 Å². The van der Waals surface area contributed by atoms with Gasteiger partial charge in [0.1, 0.15) is 0 Å². The highest BCUT2D eigenvalue weighted by atomic mass is 32.2. The lowest BCUT2D eigenvalue weighted by atomic mass is 10.1. The van der Waals surface area contributed by atoms with E-state index in [0.29, 0.717) is 0 Å². The summed E-state index contributed by atoms with van der Waals surface area (Å²) in [6.07, 6.45) is 5.68. The lowest BCUT2D eigenvalue weighted by molar-refractivity contribution is 0.576. The van der Waals surface area contributed by atoms with E-state index in [9.17, 15) is 0 Å². The summed E-state index contributed by atoms with van der Waals surface area (Å²) in [5, 5.41) is 0. The van der Waals surface area contributed by atoms with Gasteiger partial charge in [0.2, 0.25) is 0 Å². The number of nitrogens with zero attached hydrogens (tertiary/aromatic N) is 1. The molecule has 0 unspecified atom stereocenters. The number of piperidine rings is 1. The fourth-order valence-electron chi connectivity index (χ4n) is 2.41. The molecule has 3 N–H and O–H groups in total. The maximum atomic E-state index is 6.23. The predicted octanol–water partition coefficient (Wildman–Crippen LogP) is 3.13. The molecule has 98 valence electrons. The van der Waals surface area contributed by atoms with Crippen LogP contribution in [-0.4, -0.2) is 20.1 Å². The average Bonchev–Trinajstić information content (AvgIpc) is 2.39. The second-order valence-corrected chi connectivity index (χ2v) is 5.57. The maximum Gasteiger partial charge on any atom is 0.0751 e. The zero-order valence-corrected chi connectivity index (χ0v) is 11.7. The Morgan fingerprint density at radius 1 is 1.33 bits per heavy atom. The highest BCUT2D eigenvalue weighted by Gasteiger charge is 2.18. The Hall–Kier alpha value is -1.13. The topological polar surface area (TPSA) is 41.3 Å². The Bertz CT molecular complexity index is 425. The van der Waals surface area contributed by atoms with Crippen LogP contribution in [0.3, 0.4) is 0 Å². The van der Waals surface area contributed by atoms with Gasteiger partial charge in [0.15, 0.2) is 0 Å². The third kappa shape index (κ3) is 2.82. The number of hydrogen-bond acceptors (Lipinski definition) is 4. The fourth-order valence-corrected chi connectivity index (χ4v) is 3.17. The molecule has 0 radical (unpaired) electrons. The van der Waals surface area contributed by atoms with Crippen LogP contribution in [0.1, 0.15) is 24.8 Å². The molecule has 0 saturated carbocycles. The number of nitrogen functional groups attached to an aromatic ring is 1. The molecule has 1 aliphatic heterocycles. The number of rotatable bonds is 4. The summed E-state index contributed by atoms with van der Waals surface area (Å²) in [5.41, 5.74) is 9.34. The number of nitrogens with one attached hydrogen (secondary N) is 1. The Balaban J connectivity index is 2.39. The molecule has 0 amide bonds. The molecule has 0 atom stereocenters. The molecule has 0 aromatic heterocycles. The van der Waals surface area contributed by atoms with Gasteiger partial charge in [-0.15, -0.1) is 0 Å². The third-order valence-electron chi connectivity index (χ3n) is 3.25. The molecule has 1 fully saturated rings. The highest BCUT2D eigenvalue weighted by Crippen LogP contribution is 2.37. The molecule has 1 aromatic rings. The summed E-state index contributed by atoms with van der Waals surface area (Å²) in [6.45, 7) is 6.03. The summed E-state index contributed by atoms with van der Waals surface area (Å²) in [6, 6.07) is 4.16. The van der Waals surface area contributed by atoms with E-state index in [0.717, 1.165) is 24.3 Å². The summed E-state index contributed by atoms with van der Waals surface area (Å²) in [7, 11) is 1.93. The van der Waals surface area contributed by atoms with Gasteiger partial charge in [0.25, 0.3) is 0 Å². The summed E-state index contributed by atoms with van der Waals surface area (Å²) >= 11 is 1.62. The van der Waals surface area contributed by atoms with Crippen LogP contribution >= 0.6 is 11.9 Å². The molecular weight excluding hydrogens is 242 g/mol. The number of anilines is 2. The largest absolute Gasteiger partial charge is 0.397 e. The Morgan fingerprint density at radius 2 is 2.06 bits per heavy atom. The van der Waals surface area contributed by atoms with E-state index in [-0.39, 0.29) is 0 Å². The minimum absolute atomic E-state index is 0.854. The standard InChI is InChI=1S/C14H21N3S/c1-3-11-9-12(15)14(13(10-11)18-16-2)17-7-5-4-6-8-17/h3,9-10,16H,1,4-8,15H2,2H3. The minimum atomic E-state index is 0.854. The van der Waals surface area contributed by atoms with Crippen molar-refractivity contribution in [2.75, 3.05) is 30.8 Å².